The summed E-state index contributed by atoms with van der Waals surface area (Å²) in [4.78, 5) is 23.4. The third-order valence-electron chi connectivity index (χ3n) is 2.38. The van der Waals surface area contributed by atoms with Gasteiger partial charge in [0.1, 0.15) is 0 Å². The zero-order valence-electron chi connectivity index (χ0n) is 9.72. The lowest BCUT2D eigenvalue weighted by Gasteiger charge is -2.28. The number of nitrogens with zero attached hydrogens (tertiary/aromatic N) is 1. The third kappa shape index (κ3) is 4.93. The highest BCUT2D eigenvalue weighted by molar-refractivity contribution is 5.94. The van der Waals surface area contributed by atoms with Gasteiger partial charge < -0.3 is 15.1 Å². The van der Waals surface area contributed by atoms with Crippen LogP contribution in [0.5, 0.6) is 0 Å². The Labute approximate surface area is 95.4 Å². The highest BCUT2D eigenvalue weighted by Gasteiger charge is 2.18. The number of aliphatic hydroxyl groups is 1. The van der Waals surface area contributed by atoms with E-state index in [-0.39, 0.29) is 25.1 Å². The van der Waals surface area contributed by atoms with E-state index in [0.29, 0.717) is 0 Å². The number of carbonyl (C=O) groups is 2. The van der Waals surface area contributed by atoms with E-state index < -0.39 is 5.97 Å². The van der Waals surface area contributed by atoms with Gasteiger partial charge in [0.05, 0.1) is 6.61 Å². The van der Waals surface area contributed by atoms with Gasteiger partial charge in [-0.2, -0.15) is 0 Å². The smallest absolute Gasteiger partial charge is 0.328 e. The molecule has 0 aromatic carbocycles. The predicted molar refractivity (Wildman–Crippen MR) is 59.9 cm³/mol. The van der Waals surface area contributed by atoms with E-state index in [0.717, 1.165) is 25.0 Å². The highest BCUT2D eigenvalue weighted by Crippen LogP contribution is 2.08. The summed E-state index contributed by atoms with van der Waals surface area (Å²) in [5, 5.41) is 17.3. The number of rotatable bonds is 7. The van der Waals surface area contributed by atoms with Crippen LogP contribution >= 0.6 is 0 Å². The number of carbonyl (C=O) groups excluding carboxylic acids is 1. The Balaban J connectivity index is 4.62. The van der Waals surface area contributed by atoms with Crippen molar-refractivity contribution in [3.05, 3.63) is 12.2 Å². The first-order valence-electron chi connectivity index (χ1n) is 5.39. The summed E-state index contributed by atoms with van der Waals surface area (Å²) in [6, 6.07) is 0.0399. The van der Waals surface area contributed by atoms with Gasteiger partial charge in [0.2, 0.25) is 5.91 Å². The first kappa shape index (κ1) is 14.6. The molecule has 0 fully saturated rings. The largest absolute Gasteiger partial charge is 0.478 e. The van der Waals surface area contributed by atoms with Crippen molar-refractivity contribution in [1.82, 2.24) is 4.90 Å². The van der Waals surface area contributed by atoms with Crippen molar-refractivity contribution in [3.8, 4) is 0 Å². The molecule has 0 aromatic heterocycles. The molecule has 0 radical (unpaired) electrons. The first-order valence-corrected chi connectivity index (χ1v) is 5.39. The second-order valence-corrected chi connectivity index (χ2v) is 3.40. The quantitative estimate of drug-likeness (QED) is 0.628. The van der Waals surface area contributed by atoms with Crippen LogP contribution in [-0.4, -0.2) is 46.2 Å². The van der Waals surface area contributed by atoms with E-state index >= 15 is 0 Å². The van der Waals surface area contributed by atoms with E-state index in [1.54, 1.807) is 0 Å². The van der Waals surface area contributed by atoms with E-state index in [1.165, 1.54) is 4.90 Å². The van der Waals surface area contributed by atoms with E-state index in [9.17, 15) is 9.59 Å². The Kier molecular flexibility index (Phi) is 7.20. The van der Waals surface area contributed by atoms with Crippen molar-refractivity contribution >= 4 is 11.9 Å². The normalized spacial score (nSPS) is 11.0. The predicted octanol–water partition coefficient (Wildman–Crippen LogP) is 0.637. The highest BCUT2D eigenvalue weighted by atomic mass is 16.4. The van der Waals surface area contributed by atoms with Gasteiger partial charge >= 0.3 is 5.97 Å². The number of carboxylic acids is 1. The molecule has 0 spiro atoms. The topological polar surface area (TPSA) is 77.8 Å². The molecule has 0 unspecified atom stereocenters. The van der Waals surface area contributed by atoms with Gasteiger partial charge in [-0.15, -0.1) is 0 Å². The summed E-state index contributed by atoms with van der Waals surface area (Å²) in [7, 11) is 0. The molecular weight excluding hydrogens is 210 g/mol. The van der Waals surface area contributed by atoms with Crippen LogP contribution in [0.3, 0.4) is 0 Å². The second kappa shape index (κ2) is 7.87. The van der Waals surface area contributed by atoms with Crippen LogP contribution in [0.1, 0.15) is 26.7 Å². The molecule has 0 aliphatic carbocycles. The van der Waals surface area contributed by atoms with Crippen molar-refractivity contribution in [1.29, 1.82) is 0 Å². The van der Waals surface area contributed by atoms with Crippen LogP contribution in [0, 0.1) is 0 Å². The molecule has 0 bridgehead atoms. The molecule has 0 heterocycles. The van der Waals surface area contributed by atoms with Crippen LogP contribution in [0.4, 0.5) is 0 Å². The minimum absolute atomic E-state index is 0.0399. The molecule has 92 valence electrons. The van der Waals surface area contributed by atoms with Gasteiger partial charge in [-0.1, -0.05) is 13.8 Å². The minimum atomic E-state index is -1.15. The average molecular weight is 229 g/mol. The Morgan fingerprint density at radius 1 is 1.25 bits per heavy atom. The molecule has 1 amide bonds. The SMILES string of the molecule is CCC(CC)N(CCO)C(=O)C=CC(=O)O. The molecule has 0 atom stereocenters. The second-order valence-electron chi connectivity index (χ2n) is 3.40. The molecule has 0 saturated carbocycles. The van der Waals surface area contributed by atoms with Crippen LogP contribution < -0.4 is 0 Å². The first-order chi connectivity index (χ1) is 7.56. The molecule has 5 nitrogen and oxygen atoms in total. The zero-order valence-corrected chi connectivity index (χ0v) is 9.72. The maximum Gasteiger partial charge on any atom is 0.328 e. The Morgan fingerprint density at radius 2 is 1.81 bits per heavy atom. The monoisotopic (exact) mass is 229 g/mol. The van der Waals surface area contributed by atoms with Crippen LogP contribution in [0.2, 0.25) is 0 Å². The van der Waals surface area contributed by atoms with Gasteiger partial charge in [0.25, 0.3) is 0 Å². The lowest BCUT2D eigenvalue weighted by atomic mass is 10.1. The molecule has 0 aliphatic heterocycles. The number of hydrogen-bond donors (Lipinski definition) is 2. The summed E-state index contributed by atoms with van der Waals surface area (Å²) < 4.78 is 0. The fraction of sp³-hybridized carbons (Fsp3) is 0.636. The van der Waals surface area contributed by atoms with Gasteiger partial charge in [0.15, 0.2) is 0 Å². The molecule has 5 heteroatoms. The third-order valence-corrected chi connectivity index (χ3v) is 2.38. The molecule has 16 heavy (non-hydrogen) atoms. The zero-order chi connectivity index (χ0) is 12.6. The van der Waals surface area contributed by atoms with Gasteiger partial charge in [0, 0.05) is 24.7 Å². The summed E-state index contributed by atoms with van der Waals surface area (Å²) >= 11 is 0. The maximum atomic E-state index is 11.7. The van der Waals surface area contributed by atoms with Crippen LogP contribution in [0.25, 0.3) is 0 Å². The number of carboxylic acid groups (broad SMARTS) is 1. The lowest BCUT2D eigenvalue weighted by Crippen LogP contribution is -2.40. The summed E-state index contributed by atoms with van der Waals surface area (Å²) in [6.07, 6.45) is 3.40. The number of amides is 1. The fourth-order valence-corrected chi connectivity index (χ4v) is 1.55. The van der Waals surface area contributed by atoms with Gasteiger partial charge in [-0.05, 0) is 12.8 Å². The molecule has 0 aromatic rings. The van der Waals surface area contributed by atoms with Crippen molar-refractivity contribution < 1.29 is 19.8 Å². The average Bonchev–Trinajstić information content (AvgIpc) is 2.26. The fourth-order valence-electron chi connectivity index (χ4n) is 1.55. The minimum Gasteiger partial charge on any atom is -0.478 e. The van der Waals surface area contributed by atoms with E-state index in [1.807, 2.05) is 13.8 Å². The summed E-state index contributed by atoms with van der Waals surface area (Å²) in [5.41, 5.74) is 0. The molecular formula is C11H19NO4. The molecule has 0 saturated heterocycles. The van der Waals surface area contributed by atoms with Gasteiger partial charge in [-0.25, -0.2) is 4.79 Å². The number of hydrogen-bond acceptors (Lipinski definition) is 3. The summed E-state index contributed by atoms with van der Waals surface area (Å²) in [5.74, 6) is -1.52. The number of aliphatic hydroxyl groups excluding tert-OH is 1. The molecule has 2 N–H and O–H groups in total. The lowest BCUT2D eigenvalue weighted by molar-refractivity contribution is -0.133. The van der Waals surface area contributed by atoms with E-state index in [4.69, 9.17) is 10.2 Å². The standard InChI is InChI=1S/C11H19NO4/c1-3-9(4-2)12(7-8-13)10(14)5-6-11(15)16/h5-6,9,13H,3-4,7-8H2,1-2H3,(H,15,16). The summed E-state index contributed by atoms with van der Waals surface area (Å²) in [6.45, 7) is 4.01. The van der Waals surface area contributed by atoms with Gasteiger partial charge in [-0.3, -0.25) is 4.79 Å². The molecule has 0 rings (SSSR count). The van der Waals surface area contributed by atoms with Crippen molar-refractivity contribution in [3.63, 3.8) is 0 Å². The van der Waals surface area contributed by atoms with Crippen molar-refractivity contribution in [2.24, 2.45) is 0 Å². The van der Waals surface area contributed by atoms with Crippen LogP contribution in [-0.2, 0) is 9.59 Å². The number of aliphatic carboxylic acids is 1. The Bertz CT molecular complexity index is 259. The Hall–Kier alpha value is -1.36. The van der Waals surface area contributed by atoms with Crippen molar-refractivity contribution in [2.75, 3.05) is 13.2 Å². The maximum absolute atomic E-state index is 11.7. The molecule has 0 aliphatic rings. The Morgan fingerprint density at radius 3 is 2.19 bits per heavy atom. The van der Waals surface area contributed by atoms with Crippen molar-refractivity contribution in [2.45, 2.75) is 32.7 Å². The van der Waals surface area contributed by atoms with Crippen LogP contribution in [0.15, 0.2) is 12.2 Å². The van der Waals surface area contributed by atoms with E-state index in [2.05, 4.69) is 0 Å².